The summed E-state index contributed by atoms with van der Waals surface area (Å²) in [5.74, 6) is 1.38. The molecule has 9 heteroatoms. The zero-order valence-electron chi connectivity index (χ0n) is 17.9. The Labute approximate surface area is 176 Å². The van der Waals surface area contributed by atoms with Crippen molar-refractivity contribution in [2.45, 2.75) is 83.4 Å². The lowest BCUT2D eigenvalue weighted by molar-refractivity contribution is -0.119. The minimum absolute atomic E-state index is 0.0423. The molecule has 2 aliphatic heterocycles. The number of nitrogens with one attached hydrogen (secondary N) is 2. The Balaban J connectivity index is 1.20. The molecule has 2 amide bonds. The normalized spacial score (nSPS) is 30.4. The molecule has 9 nitrogen and oxygen atoms in total. The van der Waals surface area contributed by atoms with Crippen LogP contribution in [0.4, 0.5) is 4.79 Å². The Bertz CT molecular complexity index is 833. The van der Waals surface area contributed by atoms with Crippen LogP contribution >= 0.6 is 0 Å². The fourth-order valence-electron chi connectivity index (χ4n) is 4.61. The first-order valence-corrected chi connectivity index (χ1v) is 10.9. The van der Waals surface area contributed by atoms with E-state index in [9.17, 15) is 9.59 Å². The van der Waals surface area contributed by atoms with Crippen LogP contribution in [-0.2, 0) is 16.0 Å². The highest BCUT2D eigenvalue weighted by Crippen LogP contribution is 2.36. The van der Waals surface area contributed by atoms with Crippen molar-refractivity contribution < 1.29 is 18.8 Å². The van der Waals surface area contributed by atoms with Crippen molar-refractivity contribution in [3.8, 4) is 0 Å². The van der Waals surface area contributed by atoms with Gasteiger partial charge in [0.15, 0.2) is 0 Å². The van der Waals surface area contributed by atoms with Crippen molar-refractivity contribution in [1.82, 2.24) is 20.8 Å². The number of hydrazone groups is 1. The minimum atomic E-state index is -0.178. The number of carbonyl (C=O) groups is 2. The largest absolute Gasteiger partial charge is 0.446 e. The highest BCUT2D eigenvalue weighted by molar-refractivity contribution is 5.99. The molecule has 164 valence electrons. The number of amidine groups is 1. The number of amides is 2. The maximum Gasteiger partial charge on any atom is 0.410 e. The van der Waals surface area contributed by atoms with Gasteiger partial charge in [0.25, 0.3) is 0 Å². The summed E-state index contributed by atoms with van der Waals surface area (Å²) in [6.45, 7) is 6.83. The molecular weight excluding hydrogens is 386 g/mol. The molecule has 0 spiro atoms. The van der Waals surface area contributed by atoms with Gasteiger partial charge < -0.3 is 24.9 Å². The smallest absolute Gasteiger partial charge is 0.410 e. The predicted octanol–water partition coefficient (Wildman–Crippen LogP) is 2.50. The predicted molar refractivity (Wildman–Crippen MR) is 110 cm³/mol. The maximum absolute atomic E-state index is 12.5. The standard InChI is InChI=1S/C21H31N5O4/c1-4-21(3)7-8-26(21)20(28)29-15-6-5-14(10-15)17-12-18(24-23-17)22-19(27)11-16-9-13(2)25-30-16/h9,14-15,17,23H,4-8,10-12H2,1-3H3,(H,22,24,27)/t14-,15+,17?,21?/m0/s1. The van der Waals surface area contributed by atoms with Gasteiger partial charge in [-0.15, -0.1) is 0 Å². The van der Waals surface area contributed by atoms with E-state index < -0.39 is 0 Å². The molecule has 1 aliphatic carbocycles. The van der Waals surface area contributed by atoms with Gasteiger partial charge in [-0.25, -0.2) is 4.79 Å². The highest BCUT2D eigenvalue weighted by Gasteiger charge is 2.44. The van der Waals surface area contributed by atoms with E-state index in [4.69, 9.17) is 9.26 Å². The summed E-state index contributed by atoms with van der Waals surface area (Å²) >= 11 is 0. The number of hydrogen-bond acceptors (Lipinski definition) is 7. The van der Waals surface area contributed by atoms with E-state index in [0.717, 1.165) is 44.3 Å². The number of carbonyl (C=O) groups excluding carboxylic acids is 2. The first-order chi connectivity index (χ1) is 14.4. The van der Waals surface area contributed by atoms with Crippen LogP contribution < -0.4 is 10.7 Å². The molecule has 30 heavy (non-hydrogen) atoms. The summed E-state index contributed by atoms with van der Waals surface area (Å²) in [5, 5.41) is 10.9. The highest BCUT2D eigenvalue weighted by atomic mass is 16.6. The van der Waals surface area contributed by atoms with Crippen LogP contribution in [0.1, 0.15) is 63.8 Å². The summed E-state index contributed by atoms with van der Waals surface area (Å²) in [4.78, 5) is 26.6. The van der Waals surface area contributed by atoms with Gasteiger partial charge in [0.1, 0.15) is 17.7 Å². The van der Waals surface area contributed by atoms with E-state index >= 15 is 0 Å². The number of aryl methyl sites for hydroxylation is 1. The summed E-state index contributed by atoms with van der Waals surface area (Å²) in [6.07, 6.45) is 5.25. The Kier molecular flexibility index (Phi) is 5.71. The van der Waals surface area contributed by atoms with E-state index in [2.05, 4.69) is 34.8 Å². The van der Waals surface area contributed by atoms with Crippen LogP contribution in [-0.4, -0.2) is 52.1 Å². The second-order valence-electron chi connectivity index (χ2n) is 8.99. The fourth-order valence-corrected chi connectivity index (χ4v) is 4.61. The Morgan fingerprint density at radius 3 is 2.93 bits per heavy atom. The molecule has 2 fully saturated rings. The lowest BCUT2D eigenvalue weighted by Crippen LogP contribution is -2.60. The van der Waals surface area contributed by atoms with Gasteiger partial charge in [-0.2, -0.15) is 5.10 Å². The molecule has 3 aliphatic rings. The van der Waals surface area contributed by atoms with Gasteiger partial charge in [-0.1, -0.05) is 12.1 Å². The van der Waals surface area contributed by atoms with Crippen molar-refractivity contribution in [1.29, 1.82) is 0 Å². The van der Waals surface area contributed by atoms with E-state index in [1.165, 1.54) is 0 Å². The minimum Gasteiger partial charge on any atom is -0.446 e. The maximum atomic E-state index is 12.5. The third-order valence-corrected chi connectivity index (χ3v) is 6.84. The number of ether oxygens (including phenoxy) is 1. The average molecular weight is 418 g/mol. The van der Waals surface area contributed by atoms with Gasteiger partial charge >= 0.3 is 6.09 Å². The molecule has 2 unspecified atom stereocenters. The lowest BCUT2D eigenvalue weighted by atomic mass is 9.85. The van der Waals surface area contributed by atoms with Crippen LogP contribution in [0.25, 0.3) is 0 Å². The van der Waals surface area contributed by atoms with Gasteiger partial charge in [-0.05, 0) is 51.9 Å². The van der Waals surface area contributed by atoms with Gasteiger partial charge in [0.2, 0.25) is 5.91 Å². The second-order valence-corrected chi connectivity index (χ2v) is 8.99. The Hall–Kier alpha value is -2.58. The number of rotatable bonds is 5. The number of nitrogens with zero attached hydrogens (tertiary/aromatic N) is 3. The van der Waals surface area contributed by atoms with E-state index in [-0.39, 0.29) is 36.1 Å². The second kappa shape index (κ2) is 8.28. The Morgan fingerprint density at radius 2 is 2.27 bits per heavy atom. The van der Waals surface area contributed by atoms with Gasteiger partial charge in [0.05, 0.1) is 18.2 Å². The third-order valence-electron chi connectivity index (χ3n) is 6.84. The summed E-state index contributed by atoms with van der Waals surface area (Å²) < 4.78 is 10.9. The fraction of sp³-hybridized carbons (Fsp3) is 0.714. The number of hydrogen-bond donors (Lipinski definition) is 2. The van der Waals surface area contributed by atoms with Crippen molar-refractivity contribution in [2.75, 3.05) is 6.54 Å². The monoisotopic (exact) mass is 417 g/mol. The average Bonchev–Trinajstić information content (AvgIpc) is 3.42. The molecule has 1 aromatic rings. The first-order valence-electron chi connectivity index (χ1n) is 10.9. The topological polar surface area (TPSA) is 109 Å². The zero-order chi connectivity index (χ0) is 21.3. The van der Waals surface area contributed by atoms with Crippen molar-refractivity contribution in [3.05, 3.63) is 17.5 Å². The van der Waals surface area contributed by atoms with E-state index in [0.29, 0.717) is 23.9 Å². The van der Waals surface area contributed by atoms with Crippen LogP contribution in [0.3, 0.4) is 0 Å². The molecule has 0 aromatic carbocycles. The molecule has 1 aromatic heterocycles. The van der Waals surface area contributed by atoms with Crippen LogP contribution in [0.2, 0.25) is 0 Å². The molecule has 2 N–H and O–H groups in total. The summed E-state index contributed by atoms with van der Waals surface area (Å²) in [6, 6.07) is 1.90. The lowest BCUT2D eigenvalue weighted by Gasteiger charge is -2.49. The molecule has 3 heterocycles. The molecule has 4 rings (SSSR count). The molecule has 1 saturated carbocycles. The quantitative estimate of drug-likeness (QED) is 0.762. The van der Waals surface area contributed by atoms with Crippen LogP contribution in [0, 0.1) is 12.8 Å². The first kappa shape index (κ1) is 20.7. The molecule has 0 radical (unpaired) electrons. The van der Waals surface area contributed by atoms with Crippen molar-refractivity contribution in [3.63, 3.8) is 0 Å². The van der Waals surface area contributed by atoms with E-state index in [1.54, 1.807) is 6.07 Å². The summed E-state index contributed by atoms with van der Waals surface area (Å²) in [7, 11) is 0. The van der Waals surface area contributed by atoms with Gasteiger partial charge in [0, 0.05) is 24.6 Å². The number of aromatic nitrogens is 1. The number of likely N-dealkylation sites (tertiary alicyclic amines) is 1. The SMILES string of the molecule is CCC1(C)CCN1C(=O)O[C@@H]1CC[C@H](C2CC(NC(=O)Cc3cc(C)no3)=NN2)C1. The van der Waals surface area contributed by atoms with Crippen LogP contribution in [0.5, 0.6) is 0 Å². The molecule has 0 bridgehead atoms. The van der Waals surface area contributed by atoms with Crippen molar-refractivity contribution in [2.24, 2.45) is 11.0 Å². The zero-order valence-corrected chi connectivity index (χ0v) is 17.9. The van der Waals surface area contributed by atoms with Gasteiger partial charge in [-0.3, -0.25) is 4.79 Å². The Morgan fingerprint density at radius 1 is 1.43 bits per heavy atom. The molecule has 4 atom stereocenters. The van der Waals surface area contributed by atoms with Crippen molar-refractivity contribution >= 4 is 17.8 Å². The summed E-state index contributed by atoms with van der Waals surface area (Å²) in [5.41, 5.74) is 3.85. The third kappa shape index (κ3) is 4.29. The van der Waals surface area contributed by atoms with Crippen LogP contribution in [0.15, 0.2) is 15.7 Å². The molecule has 1 saturated heterocycles. The van der Waals surface area contributed by atoms with E-state index in [1.807, 2.05) is 11.8 Å². The molecular formula is C21H31N5O4.